The van der Waals surface area contributed by atoms with Crippen LogP contribution in [0.25, 0.3) is 0 Å². The van der Waals surface area contributed by atoms with Gasteiger partial charge in [0, 0.05) is 6.04 Å². The lowest BCUT2D eigenvalue weighted by Crippen LogP contribution is -2.34. The molecular formula is C16H25NO3S. The van der Waals surface area contributed by atoms with Crippen LogP contribution in [0.5, 0.6) is 0 Å². The van der Waals surface area contributed by atoms with Crippen molar-refractivity contribution in [1.82, 2.24) is 4.72 Å². The molecular weight excluding hydrogens is 286 g/mol. The van der Waals surface area contributed by atoms with Gasteiger partial charge in [0.25, 0.3) is 0 Å². The number of hydrogen-bond donors (Lipinski definition) is 2. The summed E-state index contributed by atoms with van der Waals surface area (Å²) >= 11 is 0. The van der Waals surface area contributed by atoms with E-state index in [0.29, 0.717) is 11.5 Å². The Bertz CT molecular complexity index is 579. The van der Waals surface area contributed by atoms with E-state index >= 15 is 0 Å². The first-order valence-electron chi connectivity index (χ1n) is 7.75. The Labute approximate surface area is 127 Å². The fraction of sp³-hybridized carbons (Fsp3) is 0.625. The van der Waals surface area contributed by atoms with E-state index in [1.807, 2.05) is 13.8 Å². The fourth-order valence-corrected chi connectivity index (χ4v) is 3.99. The topological polar surface area (TPSA) is 66.4 Å². The van der Waals surface area contributed by atoms with Gasteiger partial charge in [0.2, 0.25) is 10.0 Å². The van der Waals surface area contributed by atoms with Crippen LogP contribution in [0.4, 0.5) is 0 Å². The largest absolute Gasteiger partial charge is 0.392 e. The Hall–Kier alpha value is -0.910. The van der Waals surface area contributed by atoms with E-state index in [0.717, 1.165) is 24.8 Å². The third-order valence-electron chi connectivity index (χ3n) is 4.17. The standard InChI is InChI=1S/C16H25NO3S/c1-3-13-7-8-16(10-14(13)11-18)21(19,20)17-15(4-2)9-12-5-6-12/h7-8,10,12,15,17-18H,3-6,9,11H2,1-2H3. The lowest BCUT2D eigenvalue weighted by atomic mass is 10.1. The van der Waals surface area contributed by atoms with Crippen molar-refractivity contribution in [3.8, 4) is 0 Å². The molecule has 0 aromatic heterocycles. The molecule has 2 N–H and O–H groups in total. The highest BCUT2D eigenvalue weighted by molar-refractivity contribution is 7.89. The van der Waals surface area contributed by atoms with Crippen LogP contribution in [-0.4, -0.2) is 19.6 Å². The first kappa shape index (κ1) is 16.5. The van der Waals surface area contributed by atoms with Gasteiger partial charge < -0.3 is 5.11 Å². The zero-order valence-electron chi connectivity index (χ0n) is 12.8. The highest BCUT2D eigenvalue weighted by atomic mass is 32.2. The molecule has 0 amide bonds. The zero-order valence-corrected chi connectivity index (χ0v) is 13.6. The summed E-state index contributed by atoms with van der Waals surface area (Å²) in [6.07, 6.45) is 4.95. The zero-order chi connectivity index (χ0) is 15.5. The van der Waals surface area contributed by atoms with Gasteiger partial charge in [-0.2, -0.15) is 0 Å². The molecule has 1 aromatic rings. The van der Waals surface area contributed by atoms with Gasteiger partial charge in [-0.3, -0.25) is 0 Å². The second kappa shape index (κ2) is 6.90. The van der Waals surface area contributed by atoms with Crippen LogP contribution in [0.3, 0.4) is 0 Å². The summed E-state index contributed by atoms with van der Waals surface area (Å²) in [7, 11) is -3.51. The molecule has 2 rings (SSSR count). The van der Waals surface area contributed by atoms with Crippen LogP contribution < -0.4 is 4.72 Å². The minimum atomic E-state index is -3.51. The number of benzene rings is 1. The van der Waals surface area contributed by atoms with Gasteiger partial charge in [-0.25, -0.2) is 13.1 Å². The quantitative estimate of drug-likeness (QED) is 0.775. The van der Waals surface area contributed by atoms with E-state index in [-0.39, 0.29) is 17.5 Å². The molecule has 0 bridgehead atoms. The number of aliphatic hydroxyl groups excluding tert-OH is 1. The first-order chi connectivity index (χ1) is 10.00. The number of rotatable bonds is 8. The molecule has 5 heteroatoms. The maximum Gasteiger partial charge on any atom is 0.240 e. The van der Waals surface area contributed by atoms with Crippen molar-refractivity contribution < 1.29 is 13.5 Å². The molecule has 1 aromatic carbocycles. The van der Waals surface area contributed by atoms with Crippen molar-refractivity contribution in [3.63, 3.8) is 0 Å². The molecule has 1 fully saturated rings. The predicted octanol–water partition coefficient (Wildman–Crippen LogP) is 2.60. The van der Waals surface area contributed by atoms with E-state index in [2.05, 4.69) is 4.72 Å². The molecule has 0 radical (unpaired) electrons. The summed E-state index contributed by atoms with van der Waals surface area (Å²) in [6, 6.07) is 5.02. The molecule has 1 saturated carbocycles. The second-order valence-electron chi connectivity index (χ2n) is 5.85. The van der Waals surface area contributed by atoms with Crippen LogP contribution in [-0.2, 0) is 23.1 Å². The summed E-state index contributed by atoms with van der Waals surface area (Å²) in [4.78, 5) is 0.248. The molecule has 0 saturated heterocycles. The van der Waals surface area contributed by atoms with Gasteiger partial charge in [-0.05, 0) is 48.4 Å². The van der Waals surface area contributed by atoms with E-state index < -0.39 is 10.0 Å². The SMILES string of the molecule is CCc1ccc(S(=O)(=O)NC(CC)CC2CC2)cc1CO. The lowest BCUT2D eigenvalue weighted by molar-refractivity contribution is 0.280. The lowest BCUT2D eigenvalue weighted by Gasteiger charge is -2.17. The van der Waals surface area contributed by atoms with Crippen molar-refractivity contribution in [2.45, 2.75) is 63.5 Å². The summed E-state index contributed by atoms with van der Waals surface area (Å²) in [6.45, 7) is 3.87. The Balaban J connectivity index is 2.17. The summed E-state index contributed by atoms with van der Waals surface area (Å²) in [5.74, 6) is 0.688. The van der Waals surface area contributed by atoms with E-state index in [9.17, 15) is 13.5 Å². The number of hydrogen-bond acceptors (Lipinski definition) is 3. The monoisotopic (exact) mass is 311 g/mol. The normalized spacial score (nSPS) is 16.9. The average Bonchev–Trinajstić information content (AvgIpc) is 3.29. The smallest absolute Gasteiger partial charge is 0.240 e. The van der Waals surface area contributed by atoms with Crippen molar-refractivity contribution in [1.29, 1.82) is 0 Å². The van der Waals surface area contributed by atoms with Crippen molar-refractivity contribution in [2.24, 2.45) is 5.92 Å². The second-order valence-corrected chi connectivity index (χ2v) is 7.56. The average molecular weight is 311 g/mol. The molecule has 0 spiro atoms. The third kappa shape index (κ3) is 4.28. The predicted molar refractivity (Wildman–Crippen MR) is 83.5 cm³/mol. The highest BCUT2D eigenvalue weighted by Crippen LogP contribution is 2.34. The molecule has 118 valence electrons. The van der Waals surface area contributed by atoms with Gasteiger partial charge in [0.05, 0.1) is 11.5 Å². The van der Waals surface area contributed by atoms with Crippen LogP contribution >= 0.6 is 0 Å². The van der Waals surface area contributed by atoms with Crippen molar-refractivity contribution >= 4 is 10.0 Å². The summed E-state index contributed by atoms with van der Waals surface area (Å²) < 4.78 is 27.8. The van der Waals surface area contributed by atoms with Crippen LogP contribution in [0, 0.1) is 5.92 Å². The molecule has 1 unspecified atom stereocenters. The van der Waals surface area contributed by atoms with Crippen LogP contribution in [0.1, 0.15) is 50.7 Å². The van der Waals surface area contributed by atoms with Crippen molar-refractivity contribution in [3.05, 3.63) is 29.3 Å². The minimum Gasteiger partial charge on any atom is -0.392 e. The van der Waals surface area contributed by atoms with Gasteiger partial charge in [-0.1, -0.05) is 32.8 Å². The molecule has 0 aliphatic heterocycles. The van der Waals surface area contributed by atoms with Crippen molar-refractivity contribution in [2.75, 3.05) is 0 Å². The molecule has 1 aliphatic rings. The third-order valence-corrected chi connectivity index (χ3v) is 5.69. The maximum absolute atomic E-state index is 12.5. The summed E-state index contributed by atoms with van der Waals surface area (Å²) in [5.41, 5.74) is 1.68. The molecule has 1 aliphatic carbocycles. The van der Waals surface area contributed by atoms with Crippen LogP contribution in [0.15, 0.2) is 23.1 Å². The fourth-order valence-electron chi connectivity index (χ4n) is 2.60. The van der Waals surface area contributed by atoms with Gasteiger partial charge in [0.15, 0.2) is 0 Å². The Morgan fingerprint density at radius 3 is 2.52 bits per heavy atom. The maximum atomic E-state index is 12.5. The first-order valence-corrected chi connectivity index (χ1v) is 9.23. The number of sulfonamides is 1. The van der Waals surface area contributed by atoms with E-state index in [4.69, 9.17) is 0 Å². The Morgan fingerprint density at radius 1 is 1.29 bits per heavy atom. The molecule has 21 heavy (non-hydrogen) atoms. The summed E-state index contributed by atoms with van der Waals surface area (Å²) in [5, 5.41) is 9.38. The number of aliphatic hydroxyl groups is 1. The van der Waals surface area contributed by atoms with Gasteiger partial charge in [-0.15, -0.1) is 0 Å². The van der Waals surface area contributed by atoms with E-state index in [1.54, 1.807) is 18.2 Å². The number of aryl methyl sites for hydroxylation is 1. The molecule has 4 nitrogen and oxygen atoms in total. The van der Waals surface area contributed by atoms with E-state index in [1.165, 1.54) is 12.8 Å². The van der Waals surface area contributed by atoms with Crippen LogP contribution in [0.2, 0.25) is 0 Å². The minimum absolute atomic E-state index is 0.00549. The Morgan fingerprint density at radius 2 is 2.00 bits per heavy atom. The highest BCUT2D eigenvalue weighted by Gasteiger charge is 2.27. The molecule has 0 heterocycles. The molecule has 1 atom stereocenters. The van der Waals surface area contributed by atoms with Gasteiger partial charge in [0.1, 0.15) is 0 Å². The van der Waals surface area contributed by atoms with Gasteiger partial charge >= 0.3 is 0 Å². The number of nitrogens with one attached hydrogen (secondary N) is 1. The Kier molecular flexibility index (Phi) is 5.41.